The van der Waals surface area contributed by atoms with E-state index in [4.69, 9.17) is 0 Å². The second-order valence-corrected chi connectivity index (χ2v) is 5.82. The molecule has 128 valence electrons. The van der Waals surface area contributed by atoms with Gasteiger partial charge in [-0.25, -0.2) is 4.39 Å². The summed E-state index contributed by atoms with van der Waals surface area (Å²) >= 11 is 0. The number of rotatable bonds is 5. The van der Waals surface area contributed by atoms with Crippen molar-refractivity contribution in [3.05, 3.63) is 72.4 Å². The Hall–Kier alpha value is -3.67. The number of Topliss-reactive ketones (excluding diaryl/α,β-unsaturated/α-hetero) is 1. The van der Waals surface area contributed by atoms with E-state index in [9.17, 15) is 14.0 Å². The minimum Gasteiger partial charge on any atom is -0.361 e. The number of carbonyl (C=O) groups is 2. The van der Waals surface area contributed by atoms with Gasteiger partial charge in [-0.2, -0.15) is 0 Å². The van der Waals surface area contributed by atoms with Crippen LogP contribution in [0.5, 0.6) is 0 Å². The van der Waals surface area contributed by atoms with Crippen LogP contribution in [-0.2, 0) is 4.79 Å². The van der Waals surface area contributed by atoms with Gasteiger partial charge in [0.15, 0.2) is 6.29 Å². The number of aromatic amines is 2. The molecule has 0 bridgehead atoms. The van der Waals surface area contributed by atoms with E-state index >= 15 is 0 Å². The Morgan fingerprint density at radius 3 is 2.69 bits per heavy atom. The highest BCUT2D eigenvalue weighted by atomic mass is 19.1. The molecule has 2 heterocycles. The lowest BCUT2D eigenvalue weighted by atomic mass is 10.0. The van der Waals surface area contributed by atoms with Crippen LogP contribution < -0.4 is 5.32 Å². The van der Waals surface area contributed by atoms with E-state index in [0.717, 1.165) is 16.5 Å². The number of anilines is 2. The SMILES string of the molecule is O=CC(=O)c1[nH]cc(Nc2cccc(F)c2)c1-c1c[nH]c2ccccc12. The standard InChI is InChI=1S/C20H14FN3O2/c21-12-4-3-5-13(8-12)24-17-10-23-20(18(26)11-25)19(17)15-9-22-16-7-2-1-6-14(15)16/h1-11,22-24H. The number of halogens is 1. The first kappa shape index (κ1) is 15.8. The minimum absolute atomic E-state index is 0.184. The van der Waals surface area contributed by atoms with Gasteiger partial charge in [0.1, 0.15) is 5.82 Å². The molecule has 0 spiro atoms. The van der Waals surface area contributed by atoms with Crippen LogP contribution in [0.2, 0.25) is 0 Å². The first-order valence-electron chi connectivity index (χ1n) is 7.97. The van der Waals surface area contributed by atoms with Crippen molar-refractivity contribution < 1.29 is 14.0 Å². The Bertz CT molecular complexity index is 1130. The topological polar surface area (TPSA) is 77.8 Å². The van der Waals surface area contributed by atoms with Crippen LogP contribution >= 0.6 is 0 Å². The molecular weight excluding hydrogens is 333 g/mol. The Labute approximate surface area is 147 Å². The zero-order valence-electron chi connectivity index (χ0n) is 13.5. The maximum atomic E-state index is 13.5. The Kier molecular flexibility index (Phi) is 3.85. The first-order chi connectivity index (χ1) is 12.7. The molecule has 3 N–H and O–H groups in total. The molecule has 0 saturated carbocycles. The maximum absolute atomic E-state index is 13.5. The molecule has 0 amide bonds. The van der Waals surface area contributed by atoms with Crippen molar-refractivity contribution in [2.45, 2.75) is 0 Å². The fraction of sp³-hybridized carbons (Fsp3) is 0. The average Bonchev–Trinajstić information content (AvgIpc) is 3.25. The lowest BCUT2D eigenvalue weighted by Gasteiger charge is -2.09. The highest BCUT2D eigenvalue weighted by Gasteiger charge is 2.21. The van der Waals surface area contributed by atoms with Crippen molar-refractivity contribution in [1.82, 2.24) is 9.97 Å². The zero-order valence-corrected chi connectivity index (χ0v) is 13.5. The fourth-order valence-electron chi connectivity index (χ4n) is 3.06. The molecule has 0 aliphatic heterocycles. The Balaban J connectivity index is 1.89. The van der Waals surface area contributed by atoms with Crippen molar-refractivity contribution in [3.63, 3.8) is 0 Å². The van der Waals surface area contributed by atoms with Gasteiger partial charge >= 0.3 is 0 Å². The van der Waals surface area contributed by atoms with E-state index in [0.29, 0.717) is 16.9 Å². The Morgan fingerprint density at radius 1 is 1.04 bits per heavy atom. The third-order valence-corrected chi connectivity index (χ3v) is 4.20. The molecule has 26 heavy (non-hydrogen) atoms. The Morgan fingerprint density at radius 2 is 1.88 bits per heavy atom. The number of H-pyrrole nitrogens is 2. The van der Waals surface area contributed by atoms with Gasteiger partial charge in [-0.3, -0.25) is 9.59 Å². The van der Waals surface area contributed by atoms with Crippen LogP contribution in [0, 0.1) is 5.82 Å². The van der Waals surface area contributed by atoms with Crippen LogP contribution in [-0.4, -0.2) is 22.0 Å². The first-order valence-corrected chi connectivity index (χ1v) is 7.97. The van der Waals surface area contributed by atoms with Gasteiger partial charge in [-0.15, -0.1) is 0 Å². The number of ketones is 1. The maximum Gasteiger partial charge on any atom is 0.242 e. The van der Waals surface area contributed by atoms with Gasteiger partial charge in [0.05, 0.1) is 11.4 Å². The summed E-state index contributed by atoms with van der Waals surface area (Å²) in [5.41, 5.74) is 3.53. The summed E-state index contributed by atoms with van der Waals surface area (Å²) in [5, 5.41) is 4.02. The van der Waals surface area contributed by atoms with E-state index in [1.54, 1.807) is 24.5 Å². The van der Waals surface area contributed by atoms with Crippen LogP contribution in [0.4, 0.5) is 15.8 Å². The number of fused-ring (bicyclic) bond motifs is 1. The van der Waals surface area contributed by atoms with E-state index in [1.165, 1.54) is 12.1 Å². The molecule has 0 aliphatic carbocycles. The molecule has 4 rings (SSSR count). The molecule has 5 nitrogen and oxygen atoms in total. The van der Waals surface area contributed by atoms with Crippen molar-refractivity contribution in [3.8, 4) is 11.1 Å². The monoisotopic (exact) mass is 347 g/mol. The molecule has 6 heteroatoms. The summed E-state index contributed by atoms with van der Waals surface area (Å²) in [6.07, 6.45) is 3.65. The van der Waals surface area contributed by atoms with Gasteiger partial charge in [-0.1, -0.05) is 24.3 Å². The molecule has 0 unspecified atom stereocenters. The van der Waals surface area contributed by atoms with Gasteiger partial charge in [0.25, 0.3) is 0 Å². The molecule has 0 radical (unpaired) electrons. The number of nitrogens with one attached hydrogen (secondary N) is 3. The number of hydrogen-bond donors (Lipinski definition) is 3. The smallest absolute Gasteiger partial charge is 0.242 e. The lowest BCUT2D eigenvalue weighted by Crippen LogP contribution is -2.02. The predicted molar refractivity (Wildman–Crippen MR) is 98.2 cm³/mol. The highest BCUT2D eigenvalue weighted by Crippen LogP contribution is 2.38. The van der Waals surface area contributed by atoms with Crippen molar-refractivity contribution in [2.75, 3.05) is 5.32 Å². The number of benzene rings is 2. The lowest BCUT2D eigenvalue weighted by molar-refractivity contribution is -0.104. The van der Waals surface area contributed by atoms with Crippen LogP contribution in [0.3, 0.4) is 0 Å². The predicted octanol–water partition coefficient (Wildman–Crippen LogP) is 4.43. The van der Waals surface area contributed by atoms with Crippen LogP contribution in [0.1, 0.15) is 10.5 Å². The summed E-state index contributed by atoms with van der Waals surface area (Å²) < 4.78 is 13.5. The molecule has 0 saturated heterocycles. The van der Waals surface area contributed by atoms with Crippen molar-refractivity contribution >= 4 is 34.3 Å². The second-order valence-electron chi connectivity index (χ2n) is 5.82. The van der Waals surface area contributed by atoms with Crippen molar-refractivity contribution in [1.29, 1.82) is 0 Å². The van der Waals surface area contributed by atoms with E-state index in [-0.39, 0.29) is 17.8 Å². The van der Waals surface area contributed by atoms with E-state index in [1.807, 2.05) is 24.3 Å². The summed E-state index contributed by atoms with van der Waals surface area (Å²) in [5.74, 6) is -1.03. The zero-order chi connectivity index (χ0) is 18.1. The molecule has 0 atom stereocenters. The summed E-state index contributed by atoms with van der Waals surface area (Å²) in [6.45, 7) is 0. The number of carbonyl (C=O) groups excluding carboxylic acids is 2. The third kappa shape index (κ3) is 2.67. The third-order valence-electron chi connectivity index (χ3n) is 4.20. The van der Waals surface area contributed by atoms with Gasteiger partial charge in [0.2, 0.25) is 5.78 Å². The number of hydrogen-bond acceptors (Lipinski definition) is 3. The normalized spacial score (nSPS) is 10.8. The molecule has 0 aliphatic rings. The largest absolute Gasteiger partial charge is 0.361 e. The average molecular weight is 347 g/mol. The summed E-state index contributed by atoms with van der Waals surface area (Å²) in [6, 6.07) is 13.7. The molecule has 4 aromatic rings. The molecule has 2 aromatic heterocycles. The van der Waals surface area contributed by atoms with E-state index < -0.39 is 5.78 Å². The molecular formula is C20H14FN3O2. The number of para-hydroxylation sites is 1. The highest BCUT2D eigenvalue weighted by molar-refractivity contribution is 6.35. The van der Waals surface area contributed by atoms with Gasteiger partial charge < -0.3 is 15.3 Å². The second kappa shape index (κ2) is 6.33. The molecule has 2 aromatic carbocycles. The van der Waals surface area contributed by atoms with Crippen LogP contribution in [0.15, 0.2) is 60.9 Å². The summed E-state index contributed by atoms with van der Waals surface area (Å²) in [7, 11) is 0. The summed E-state index contributed by atoms with van der Waals surface area (Å²) in [4.78, 5) is 29.2. The van der Waals surface area contributed by atoms with Gasteiger partial charge in [-0.05, 0) is 24.3 Å². The quantitative estimate of drug-likeness (QED) is 0.284. The number of aromatic nitrogens is 2. The van der Waals surface area contributed by atoms with Crippen molar-refractivity contribution in [2.24, 2.45) is 0 Å². The van der Waals surface area contributed by atoms with Crippen LogP contribution in [0.25, 0.3) is 22.0 Å². The van der Waals surface area contributed by atoms with E-state index in [2.05, 4.69) is 15.3 Å². The van der Waals surface area contributed by atoms with Gasteiger partial charge in [0, 0.05) is 40.1 Å². The minimum atomic E-state index is -0.655. The molecule has 0 fully saturated rings. The fourth-order valence-corrected chi connectivity index (χ4v) is 3.06. The number of aldehydes is 1.